The Kier molecular flexibility index (Phi) is 9.69. The Labute approximate surface area is 239 Å². The number of nitrogens with one attached hydrogen (secondary N) is 2. The zero-order valence-corrected chi connectivity index (χ0v) is 23.4. The van der Waals surface area contributed by atoms with Crippen LogP contribution < -0.4 is 20.1 Å². The number of aryl methyl sites for hydroxylation is 1. The van der Waals surface area contributed by atoms with Crippen LogP contribution in [0, 0.1) is 6.92 Å². The van der Waals surface area contributed by atoms with Crippen LogP contribution in [-0.2, 0) is 16.1 Å². The summed E-state index contributed by atoms with van der Waals surface area (Å²) in [7, 11) is 1.58. The van der Waals surface area contributed by atoms with E-state index in [2.05, 4.69) is 20.8 Å². The van der Waals surface area contributed by atoms with Crippen LogP contribution in [0.15, 0.2) is 71.9 Å². The number of amides is 2. The SMILES string of the molecule is COc1ccc(NC(=O)CSc2nnc(CNC(=O)COc3ccc(Cl)cc3Cl)n2-c2cccc(C)c2)cc1. The van der Waals surface area contributed by atoms with Crippen LogP contribution in [0.25, 0.3) is 5.69 Å². The topological polar surface area (TPSA) is 107 Å². The molecular weight excluding hydrogens is 561 g/mol. The van der Waals surface area contributed by atoms with Gasteiger partial charge in [-0.2, -0.15) is 0 Å². The smallest absolute Gasteiger partial charge is 0.258 e. The second kappa shape index (κ2) is 13.4. The molecule has 202 valence electrons. The minimum Gasteiger partial charge on any atom is -0.497 e. The predicted octanol–water partition coefficient (Wildman–Crippen LogP) is 5.32. The van der Waals surface area contributed by atoms with Gasteiger partial charge in [0.25, 0.3) is 5.91 Å². The van der Waals surface area contributed by atoms with E-state index >= 15 is 0 Å². The number of carbonyl (C=O) groups excluding carboxylic acids is 2. The normalized spacial score (nSPS) is 10.7. The molecule has 0 atom stereocenters. The molecule has 1 heterocycles. The summed E-state index contributed by atoms with van der Waals surface area (Å²) in [5, 5.41) is 15.5. The molecule has 2 N–H and O–H groups in total. The van der Waals surface area contributed by atoms with Crippen molar-refractivity contribution in [1.82, 2.24) is 20.1 Å². The van der Waals surface area contributed by atoms with Gasteiger partial charge in [0.2, 0.25) is 5.91 Å². The largest absolute Gasteiger partial charge is 0.497 e. The summed E-state index contributed by atoms with van der Waals surface area (Å²) in [6, 6.07) is 19.6. The molecule has 0 aliphatic carbocycles. The number of anilines is 1. The van der Waals surface area contributed by atoms with Crippen molar-refractivity contribution >= 4 is 52.5 Å². The standard InChI is InChI=1S/C27H25Cl2N5O4S/c1-17-4-3-5-20(12-17)34-24(14-30-25(35)15-38-23-11-6-18(28)13-22(23)29)32-33-27(34)39-16-26(36)31-19-7-9-21(37-2)10-8-19/h3-13H,14-16H2,1-2H3,(H,30,35)(H,31,36). The molecule has 0 bridgehead atoms. The van der Waals surface area contributed by atoms with Gasteiger partial charge in [0.1, 0.15) is 11.5 Å². The number of thioether (sulfide) groups is 1. The van der Waals surface area contributed by atoms with Gasteiger partial charge in [-0.25, -0.2) is 0 Å². The third-order valence-corrected chi connectivity index (χ3v) is 6.82. The lowest BCUT2D eigenvalue weighted by Gasteiger charge is -2.12. The highest BCUT2D eigenvalue weighted by atomic mass is 35.5. The first kappa shape index (κ1) is 28.3. The second-order valence-corrected chi connectivity index (χ2v) is 10.1. The number of benzene rings is 3. The van der Waals surface area contributed by atoms with Gasteiger partial charge in [0.15, 0.2) is 17.6 Å². The van der Waals surface area contributed by atoms with Gasteiger partial charge in [0, 0.05) is 16.4 Å². The summed E-state index contributed by atoms with van der Waals surface area (Å²) in [5.41, 5.74) is 2.51. The number of halogens is 2. The van der Waals surface area contributed by atoms with Crippen molar-refractivity contribution in [3.8, 4) is 17.2 Å². The monoisotopic (exact) mass is 585 g/mol. The second-order valence-electron chi connectivity index (χ2n) is 8.28. The summed E-state index contributed by atoms with van der Waals surface area (Å²) in [6.07, 6.45) is 0. The average Bonchev–Trinajstić information content (AvgIpc) is 3.33. The Balaban J connectivity index is 1.41. The zero-order valence-electron chi connectivity index (χ0n) is 21.1. The van der Waals surface area contributed by atoms with Gasteiger partial charge in [-0.15, -0.1) is 10.2 Å². The number of nitrogens with zero attached hydrogens (tertiary/aromatic N) is 3. The highest BCUT2D eigenvalue weighted by molar-refractivity contribution is 7.99. The molecule has 0 saturated heterocycles. The van der Waals surface area contributed by atoms with Crippen LogP contribution in [0.3, 0.4) is 0 Å². The third kappa shape index (κ3) is 7.89. The van der Waals surface area contributed by atoms with Gasteiger partial charge in [-0.1, -0.05) is 47.1 Å². The van der Waals surface area contributed by atoms with E-state index < -0.39 is 0 Å². The Bertz CT molecular complexity index is 1460. The minimum atomic E-state index is -0.368. The lowest BCUT2D eigenvalue weighted by atomic mass is 10.2. The molecule has 39 heavy (non-hydrogen) atoms. The molecule has 0 spiro atoms. The van der Waals surface area contributed by atoms with Crippen LogP contribution >= 0.6 is 35.0 Å². The first-order valence-electron chi connectivity index (χ1n) is 11.7. The maximum Gasteiger partial charge on any atom is 0.258 e. The molecule has 0 fully saturated rings. The van der Waals surface area contributed by atoms with Crippen LogP contribution in [0.4, 0.5) is 5.69 Å². The number of hydrogen-bond acceptors (Lipinski definition) is 7. The quantitative estimate of drug-likeness (QED) is 0.229. The summed E-state index contributed by atoms with van der Waals surface area (Å²) < 4.78 is 12.5. The summed E-state index contributed by atoms with van der Waals surface area (Å²) in [5.74, 6) is 1.10. The zero-order chi connectivity index (χ0) is 27.8. The van der Waals surface area contributed by atoms with E-state index in [-0.39, 0.29) is 30.7 Å². The Hall–Kier alpha value is -3.73. The van der Waals surface area contributed by atoms with Crippen LogP contribution in [-0.4, -0.2) is 46.0 Å². The van der Waals surface area contributed by atoms with Crippen LogP contribution in [0.5, 0.6) is 11.5 Å². The average molecular weight is 587 g/mol. The van der Waals surface area contributed by atoms with Crippen molar-refractivity contribution in [2.75, 3.05) is 24.8 Å². The first-order valence-corrected chi connectivity index (χ1v) is 13.5. The summed E-state index contributed by atoms with van der Waals surface area (Å²) >= 11 is 13.2. The van der Waals surface area contributed by atoms with E-state index in [1.807, 2.05) is 35.8 Å². The molecule has 12 heteroatoms. The van der Waals surface area contributed by atoms with Crippen molar-refractivity contribution in [3.05, 3.63) is 88.2 Å². The fourth-order valence-electron chi connectivity index (χ4n) is 3.50. The fraction of sp³-hybridized carbons (Fsp3) is 0.185. The van der Waals surface area contributed by atoms with E-state index in [0.29, 0.717) is 38.2 Å². The maximum absolute atomic E-state index is 12.6. The number of ether oxygens (including phenoxy) is 2. The number of aromatic nitrogens is 3. The maximum atomic E-state index is 12.6. The molecule has 0 radical (unpaired) electrons. The third-order valence-electron chi connectivity index (χ3n) is 5.36. The van der Waals surface area contributed by atoms with Crippen LogP contribution in [0.1, 0.15) is 11.4 Å². The van der Waals surface area contributed by atoms with E-state index in [1.54, 1.807) is 43.5 Å². The van der Waals surface area contributed by atoms with Crippen molar-refractivity contribution in [2.45, 2.75) is 18.6 Å². The molecule has 9 nitrogen and oxygen atoms in total. The lowest BCUT2D eigenvalue weighted by molar-refractivity contribution is -0.123. The molecular formula is C27H25Cl2N5O4S. The van der Waals surface area contributed by atoms with Crippen molar-refractivity contribution in [3.63, 3.8) is 0 Å². The fourth-order valence-corrected chi connectivity index (χ4v) is 4.73. The molecule has 3 aromatic carbocycles. The summed E-state index contributed by atoms with van der Waals surface area (Å²) in [6.45, 7) is 1.83. The van der Waals surface area contributed by atoms with E-state index in [9.17, 15) is 9.59 Å². The highest BCUT2D eigenvalue weighted by Crippen LogP contribution is 2.27. The molecule has 0 aliphatic rings. The van der Waals surface area contributed by atoms with Crippen molar-refractivity contribution < 1.29 is 19.1 Å². The van der Waals surface area contributed by atoms with Gasteiger partial charge in [0.05, 0.1) is 24.4 Å². The van der Waals surface area contributed by atoms with Crippen molar-refractivity contribution in [1.29, 1.82) is 0 Å². The molecule has 1 aromatic heterocycles. The molecule has 4 rings (SSSR count). The molecule has 0 saturated carbocycles. The van der Waals surface area contributed by atoms with E-state index in [1.165, 1.54) is 17.8 Å². The summed E-state index contributed by atoms with van der Waals surface area (Å²) in [4.78, 5) is 25.1. The Morgan fingerprint density at radius 2 is 1.79 bits per heavy atom. The van der Waals surface area contributed by atoms with Crippen LogP contribution in [0.2, 0.25) is 10.0 Å². The van der Waals surface area contributed by atoms with E-state index in [0.717, 1.165) is 11.3 Å². The van der Waals surface area contributed by atoms with Gasteiger partial charge >= 0.3 is 0 Å². The van der Waals surface area contributed by atoms with Gasteiger partial charge < -0.3 is 20.1 Å². The minimum absolute atomic E-state index is 0.0933. The number of carbonyl (C=O) groups is 2. The number of hydrogen-bond donors (Lipinski definition) is 2. The number of methoxy groups -OCH3 is 1. The number of rotatable bonds is 11. The van der Waals surface area contributed by atoms with Gasteiger partial charge in [-0.05, 0) is 67.1 Å². The van der Waals surface area contributed by atoms with Crippen molar-refractivity contribution in [2.24, 2.45) is 0 Å². The lowest BCUT2D eigenvalue weighted by Crippen LogP contribution is -2.29. The molecule has 0 aliphatic heterocycles. The molecule has 0 unspecified atom stereocenters. The van der Waals surface area contributed by atoms with E-state index in [4.69, 9.17) is 32.7 Å². The Morgan fingerprint density at radius 1 is 1.00 bits per heavy atom. The first-order chi connectivity index (χ1) is 18.8. The Morgan fingerprint density at radius 3 is 2.51 bits per heavy atom. The molecule has 2 amide bonds. The van der Waals surface area contributed by atoms with Gasteiger partial charge in [-0.3, -0.25) is 14.2 Å². The highest BCUT2D eigenvalue weighted by Gasteiger charge is 2.17. The predicted molar refractivity (Wildman–Crippen MR) is 152 cm³/mol. The molecule has 4 aromatic rings.